The van der Waals surface area contributed by atoms with Gasteiger partial charge in [-0.25, -0.2) is 4.79 Å². The summed E-state index contributed by atoms with van der Waals surface area (Å²) in [4.78, 5) is 41.0. The highest BCUT2D eigenvalue weighted by Crippen LogP contribution is 2.29. The zero-order valence-corrected chi connectivity index (χ0v) is 19.4. The predicted molar refractivity (Wildman–Crippen MR) is 123 cm³/mol. The van der Waals surface area contributed by atoms with Crippen LogP contribution in [-0.2, 0) is 14.3 Å². The summed E-state index contributed by atoms with van der Waals surface area (Å²) in [5.74, 6) is -0.164. The summed E-state index contributed by atoms with van der Waals surface area (Å²) in [6.07, 6.45) is 2.97. The van der Waals surface area contributed by atoms with Crippen LogP contribution >= 0.6 is 0 Å². The Morgan fingerprint density at radius 3 is 2.25 bits per heavy atom. The average Bonchev–Trinajstić information content (AvgIpc) is 2.78. The Labute approximate surface area is 190 Å². The van der Waals surface area contributed by atoms with Gasteiger partial charge in [0.25, 0.3) is 0 Å². The summed E-state index contributed by atoms with van der Waals surface area (Å²) in [6.45, 7) is 11.3. The molecule has 2 unspecified atom stereocenters. The van der Waals surface area contributed by atoms with Gasteiger partial charge in [0, 0.05) is 44.1 Å². The fourth-order valence-electron chi connectivity index (χ4n) is 4.45. The van der Waals surface area contributed by atoms with Crippen molar-refractivity contribution in [2.24, 2.45) is 5.92 Å². The van der Waals surface area contributed by atoms with Crippen molar-refractivity contribution < 1.29 is 19.1 Å². The molecule has 32 heavy (non-hydrogen) atoms. The molecule has 0 saturated carbocycles. The molecule has 2 aliphatic rings. The lowest BCUT2D eigenvalue weighted by atomic mass is 9.85. The molecule has 3 amide bonds. The van der Waals surface area contributed by atoms with Gasteiger partial charge < -0.3 is 19.9 Å². The van der Waals surface area contributed by atoms with Gasteiger partial charge in [-0.15, -0.1) is 0 Å². The number of carbonyl (C=O) groups excluding carboxylic acids is 3. The average molecular weight is 442 g/mol. The molecule has 2 atom stereocenters. The summed E-state index contributed by atoms with van der Waals surface area (Å²) < 4.78 is 5.57. The monoisotopic (exact) mass is 441 g/mol. The molecule has 0 aromatic heterocycles. The highest BCUT2D eigenvalue weighted by atomic mass is 16.6. The number of amides is 3. The third-order valence-corrected chi connectivity index (χ3v) is 6.17. The summed E-state index contributed by atoms with van der Waals surface area (Å²) >= 11 is 0. The third kappa shape index (κ3) is 6.11. The van der Waals surface area contributed by atoms with Gasteiger partial charge in [-0.2, -0.15) is 0 Å². The van der Waals surface area contributed by atoms with Crippen molar-refractivity contribution in [2.45, 2.75) is 57.6 Å². The fourth-order valence-corrected chi connectivity index (χ4v) is 4.45. The molecule has 2 aliphatic heterocycles. The van der Waals surface area contributed by atoms with E-state index < -0.39 is 5.60 Å². The molecule has 1 aromatic carbocycles. The maximum atomic E-state index is 13.1. The van der Waals surface area contributed by atoms with Gasteiger partial charge in [-0.3, -0.25) is 9.59 Å². The summed E-state index contributed by atoms with van der Waals surface area (Å²) in [5, 5.41) is 3.26. The first kappa shape index (κ1) is 23.8. The second kappa shape index (κ2) is 10.2. The van der Waals surface area contributed by atoms with Crippen LogP contribution in [0.4, 0.5) is 4.79 Å². The number of piperidine rings is 2. The number of ether oxygens (including phenoxy) is 1. The maximum absolute atomic E-state index is 13.1. The Hall–Kier alpha value is -2.83. The van der Waals surface area contributed by atoms with E-state index >= 15 is 0 Å². The molecule has 3 rings (SSSR count). The van der Waals surface area contributed by atoms with Crippen LogP contribution in [0.5, 0.6) is 0 Å². The summed E-state index contributed by atoms with van der Waals surface area (Å²) in [6, 6.07) is 9.95. The number of nitrogens with one attached hydrogen (secondary N) is 1. The number of hydrogen-bond donors (Lipinski definition) is 1. The van der Waals surface area contributed by atoms with Crippen molar-refractivity contribution in [3.8, 4) is 0 Å². The van der Waals surface area contributed by atoms with Gasteiger partial charge in [-0.05, 0) is 51.7 Å². The van der Waals surface area contributed by atoms with Crippen molar-refractivity contribution in [3.63, 3.8) is 0 Å². The highest BCUT2D eigenvalue weighted by Gasteiger charge is 2.36. The number of rotatable bonds is 4. The van der Waals surface area contributed by atoms with E-state index in [1.165, 1.54) is 6.08 Å². The lowest BCUT2D eigenvalue weighted by molar-refractivity contribution is -0.132. The van der Waals surface area contributed by atoms with Crippen molar-refractivity contribution in [1.29, 1.82) is 0 Å². The van der Waals surface area contributed by atoms with Crippen LogP contribution in [0.1, 0.15) is 51.5 Å². The Kier molecular flexibility index (Phi) is 7.59. The maximum Gasteiger partial charge on any atom is 0.410 e. The second-order valence-corrected chi connectivity index (χ2v) is 9.65. The SMILES string of the molecule is C=CC(=O)N1CCC(C(=O)NC2CCN(C(=O)OC(C)(C)C)CC2c2ccccc2)CC1. The number of benzene rings is 1. The zero-order chi connectivity index (χ0) is 23.3. The zero-order valence-electron chi connectivity index (χ0n) is 19.4. The van der Waals surface area contributed by atoms with E-state index in [0.717, 1.165) is 5.56 Å². The molecule has 0 bridgehead atoms. The standard InChI is InChI=1S/C25H35N3O4/c1-5-22(29)27-14-11-19(12-15-27)23(30)26-21-13-16-28(24(31)32-25(2,3)4)17-20(21)18-9-7-6-8-10-18/h5-10,19-21H,1,11-17H2,2-4H3,(H,26,30). The predicted octanol–water partition coefficient (Wildman–Crippen LogP) is 3.32. The van der Waals surface area contributed by atoms with Crippen LogP contribution in [0.3, 0.4) is 0 Å². The Bertz CT molecular complexity index is 825. The molecule has 2 fully saturated rings. The van der Waals surface area contributed by atoms with Gasteiger partial charge in [0.1, 0.15) is 5.60 Å². The van der Waals surface area contributed by atoms with Crippen molar-refractivity contribution >= 4 is 17.9 Å². The van der Waals surface area contributed by atoms with Crippen LogP contribution in [0.15, 0.2) is 43.0 Å². The first-order valence-corrected chi connectivity index (χ1v) is 11.4. The number of carbonyl (C=O) groups is 3. The first-order chi connectivity index (χ1) is 15.2. The van der Waals surface area contributed by atoms with Gasteiger partial charge >= 0.3 is 6.09 Å². The van der Waals surface area contributed by atoms with E-state index in [0.29, 0.717) is 45.4 Å². The van der Waals surface area contributed by atoms with E-state index in [4.69, 9.17) is 4.74 Å². The Morgan fingerprint density at radius 2 is 1.66 bits per heavy atom. The number of likely N-dealkylation sites (tertiary alicyclic amines) is 2. The lowest BCUT2D eigenvalue weighted by Crippen LogP contribution is -2.53. The van der Waals surface area contributed by atoms with Crippen LogP contribution in [0, 0.1) is 5.92 Å². The molecule has 1 N–H and O–H groups in total. The minimum atomic E-state index is -0.549. The largest absolute Gasteiger partial charge is 0.444 e. The molecular weight excluding hydrogens is 406 g/mol. The van der Waals surface area contributed by atoms with E-state index in [9.17, 15) is 14.4 Å². The van der Waals surface area contributed by atoms with Gasteiger partial charge in [0.05, 0.1) is 0 Å². The van der Waals surface area contributed by atoms with Crippen LogP contribution in [-0.4, -0.2) is 65.5 Å². The molecule has 2 heterocycles. The number of hydrogen-bond acceptors (Lipinski definition) is 4. The van der Waals surface area contributed by atoms with Gasteiger partial charge in [0.15, 0.2) is 0 Å². The highest BCUT2D eigenvalue weighted by molar-refractivity contribution is 5.87. The minimum Gasteiger partial charge on any atom is -0.444 e. The van der Waals surface area contributed by atoms with E-state index in [1.807, 2.05) is 51.1 Å². The van der Waals surface area contributed by atoms with Crippen LogP contribution in [0.2, 0.25) is 0 Å². The minimum absolute atomic E-state index is 0.0103. The molecule has 7 heteroatoms. The van der Waals surface area contributed by atoms with Gasteiger partial charge in [-0.1, -0.05) is 36.9 Å². The normalized spacial score (nSPS) is 22.2. The summed E-state index contributed by atoms with van der Waals surface area (Å²) in [5.41, 5.74) is 0.546. The molecule has 0 radical (unpaired) electrons. The molecule has 2 saturated heterocycles. The van der Waals surface area contributed by atoms with Crippen LogP contribution in [0.25, 0.3) is 0 Å². The quantitative estimate of drug-likeness (QED) is 0.727. The topological polar surface area (TPSA) is 79.0 Å². The first-order valence-electron chi connectivity index (χ1n) is 11.4. The molecular formula is C25H35N3O4. The van der Waals surface area contributed by atoms with Crippen molar-refractivity contribution in [2.75, 3.05) is 26.2 Å². The van der Waals surface area contributed by atoms with E-state index in [2.05, 4.69) is 11.9 Å². The molecule has 0 spiro atoms. The van der Waals surface area contributed by atoms with Gasteiger partial charge in [0.2, 0.25) is 11.8 Å². The molecule has 0 aliphatic carbocycles. The molecule has 1 aromatic rings. The Morgan fingerprint density at radius 1 is 1.03 bits per heavy atom. The lowest BCUT2D eigenvalue weighted by Gasteiger charge is -2.40. The van der Waals surface area contributed by atoms with Crippen molar-refractivity contribution in [3.05, 3.63) is 48.6 Å². The van der Waals surface area contributed by atoms with Crippen LogP contribution < -0.4 is 5.32 Å². The fraction of sp³-hybridized carbons (Fsp3) is 0.560. The number of nitrogens with zero attached hydrogens (tertiary/aromatic N) is 2. The molecule has 7 nitrogen and oxygen atoms in total. The van der Waals surface area contributed by atoms with Crippen molar-refractivity contribution in [1.82, 2.24) is 15.1 Å². The summed E-state index contributed by atoms with van der Waals surface area (Å²) in [7, 11) is 0. The Balaban J connectivity index is 1.66. The molecule has 174 valence electrons. The second-order valence-electron chi connectivity index (χ2n) is 9.65. The third-order valence-electron chi connectivity index (χ3n) is 6.17. The van der Waals surface area contributed by atoms with E-state index in [1.54, 1.807) is 9.80 Å². The van der Waals surface area contributed by atoms with E-state index in [-0.39, 0.29) is 35.8 Å². The smallest absolute Gasteiger partial charge is 0.410 e.